The Morgan fingerprint density at radius 2 is 2.04 bits per heavy atom. The molecule has 12 heteroatoms. The second kappa shape index (κ2) is 7.66. The maximum Gasteiger partial charge on any atom is 0.313 e. The van der Waals surface area contributed by atoms with E-state index in [4.69, 9.17) is 5.11 Å². The van der Waals surface area contributed by atoms with Gasteiger partial charge in [0.2, 0.25) is 11.8 Å². The summed E-state index contributed by atoms with van der Waals surface area (Å²) in [5.41, 5.74) is 0.233. The number of hydrogen-bond donors (Lipinski definition) is 2. The number of benzene rings is 1. The average Bonchev–Trinajstić information content (AvgIpc) is 3.20. The van der Waals surface area contributed by atoms with E-state index in [0.29, 0.717) is 0 Å². The Labute approximate surface area is 162 Å². The van der Waals surface area contributed by atoms with Gasteiger partial charge >= 0.3 is 5.97 Å². The van der Waals surface area contributed by atoms with Gasteiger partial charge in [-0.25, -0.2) is 18.3 Å². The van der Waals surface area contributed by atoms with E-state index < -0.39 is 33.1 Å². The van der Waals surface area contributed by atoms with Crippen LogP contribution in [-0.4, -0.2) is 47.3 Å². The number of aliphatic carboxylic acids is 1. The number of rotatable bonds is 7. The molecule has 1 aromatic carbocycles. The minimum absolute atomic E-state index is 0.0441. The van der Waals surface area contributed by atoms with Crippen molar-refractivity contribution in [2.45, 2.75) is 16.6 Å². The molecule has 1 aliphatic rings. The van der Waals surface area contributed by atoms with Gasteiger partial charge in [0.1, 0.15) is 0 Å². The third kappa shape index (κ3) is 4.28. The van der Waals surface area contributed by atoms with Crippen LogP contribution in [0, 0.1) is 0 Å². The highest BCUT2D eigenvalue weighted by Gasteiger charge is 2.40. The summed E-state index contributed by atoms with van der Waals surface area (Å²) in [6, 6.07) is 5.28. The predicted molar refractivity (Wildman–Crippen MR) is 100 cm³/mol. The van der Waals surface area contributed by atoms with Crippen molar-refractivity contribution >= 4 is 61.7 Å². The number of carbonyl (C=O) groups is 3. The largest absolute Gasteiger partial charge is 0.481 e. The van der Waals surface area contributed by atoms with Crippen LogP contribution in [-0.2, 0) is 24.4 Å². The molecule has 2 amide bonds. The topological polar surface area (TPSA) is 134 Å². The molecule has 1 atom stereocenters. The van der Waals surface area contributed by atoms with E-state index in [1.807, 2.05) is 0 Å². The summed E-state index contributed by atoms with van der Waals surface area (Å²) in [7, 11) is -3.84. The van der Waals surface area contributed by atoms with Gasteiger partial charge in [0.25, 0.3) is 10.0 Å². The van der Waals surface area contributed by atoms with Crippen LogP contribution in [0.15, 0.2) is 40.7 Å². The maximum absolute atomic E-state index is 12.4. The zero-order chi connectivity index (χ0) is 19.6. The summed E-state index contributed by atoms with van der Waals surface area (Å²) < 4.78 is 27.0. The zero-order valence-corrected chi connectivity index (χ0v) is 16.0. The molecule has 0 radical (unpaired) electrons. The lowest BCUT2D eigenvalue weighted by Gasteiger charge is -2.15. The van der Waals surface area contributed by atoms with Crippen LogP contribution >= 0.6 is 23.1 Å². The highest BCUT2D eigenvalue weighted by Crippen LogP contribution is 2.30. The van der Waals surface area contributed by atoms with E-state index in [1.54, 1.807) is 5.38 Å². The molecule has 9 nitrogen and oxygen atoms in total. The lowest BCUT2D eigenvalue weighted by molar-refractivity contribution is -0.134. The summed E-state index contributed by atoms with van der Waals surface area (Å²) in [6.07, 6.45) is 1.37. The van der Waals surface area contributed by atoms with E-state index in [2.05, 4.69) is 9.71 Å². The van der Waals surface area contributed by atoms with Crippen molar-refractivity contribution in [1.29, 1.82) is 0 Å². The van der Waals surface area contributed by atoms with E-state index in [-0.39, 0.29) is 27.9 Å². The van der Waals surface area contributed by atoms with Crippen LogP contribution in [0.25, 0.3) is 0 Å². The molecule has 0 spiro atoms. The fourth-order valence-corrected chi connectivity index (χ4v) is 5.04. The minimum atomic E-state index is -3.84. The summed E-state index contributed by atoms with van der Waals surface area (Å²) in [4.78, 5) is 39.9. The zero-order valence-electron chi connectivity index (χ0n) is 13.6. The molecule has 27 heavy (non-hydrogen) atoms. The van der Waals surface area contributed by atoms with E-state index in [1.165, 1.54) is 30.5 Å². The van der Waals surface area contributed by atoms with Crippen LogP contribution in [0.5, 0.6) is 0 Å². The number of thiazole rings is 1. The number of nitrogens with one attached hydrogen (secondary N) is 1. The fraction of sp³-hybridized carbons (Fsp3) is 0.200. The SMILES string of the molecule is O=C(O)CSC1CC(=O)N(c2ccc(S(=O)(=O)Nc3nccs3)cc2)C1=O. The molecule has 1 aliphatic heterocycles. The molecule has 2 heterocycles. The van der Waals surface area contributed by atoms with Gasteiger partial charge < -0.3 is 5.11 Å². The van der Waals surface area contributed by atoms with Gasteiger partial charge in [-0.15, -0.1) is 23.1 Å². The molecule has 0 saturated carbocycles. The normalized spacial score (nSPS) is 17.3. The van der Waals surface area contributed by atoms with Gasteiger partial charge in [0, 0.05) is 18.0 Å². The van der Waals surface area contributed by atoms with Crippen molar-refractivity contribution in [2.24, 2.45) is 0 Å². The van der Waals surface area contributed by atoms with Crippen LogP contribution in [0.2, 0.25) is 0 Å². The number of imide groups is 1. The predicted octanol–water partition coefficient (Wildman–Crippen LogP) is 1.39. The van der Waals surface area contributed by atoms with Gasteiger partial charge in [-0.3, -0.25) is 19.1 Å². The van der Waals surface area contributed by atoms with Crippen molar-refractivity contribution in [3.8, 4) is 0 Å². The van der Waals surface area contributed by atoms with Crippen molar-refractivity contribution in [3.05, 3.63) is 35.8 Å². The first-order valence-corrected chi connectivity index (χ1v) is 10.9. The lowest BCUT2D eigenvalue weighted by atomic mass is 10.3. The van der Waals surface area contributed by atoms with Crippen molar-refractivity contribution in [2.75, 3.05) is 15.4 Å². The van der Waals surface area contributed by atoms with Crippen molar-refractivity contribution in [1.82, 2.24) is 4.98 Å². The van der Waals surface area contributed by atoms with Crippen LogP contribution in [0.3, 0.4) is 0 Å². The van der Waals surface area contributed by atoms with E-state index >= 15 is 0 Å². The van der Waals surface area contributed by atoms with Crippen LogP contribution in [0.4, 0.5) is 10.8 Å². The molecule has 1 saturated heterocycles. The quantitative estimate of drug-likeness (QED) is 0.633. The third-order valence-electron chi connectivity index (χ3n) is 3.57. The minimum Gasteiger partial charge on any atom is -0.481 e. The lowest BCUT2D eigenvalue weighted by Crippen LogP contribution is -2.31. The summed E-state index contributed by atoms with van der Waals surface area (Å²) >= 11 is 2.02. The second-order valence-corrected chi connectivity index (χ2v) is 9.17. The first-order chi connectivity index (χ1) is 12.8. The number of nitrogens with zero attached hydrogens (tertiary/aromatic N) is 2. The van der Waals surface area contributed by atoms with Crippen LogP contribution in [0.1, 0.15) is 6.42 Å². The molecule has 1 aromatic heterocycles. The van der Waals surface area contributed by atoms with Crippen molar-refractivity contribution < 1.29 is 27.9 Å². The molecule has 2 N–H and O–H groups in total. The van der Waals surface area contributed by atoms with Crippen LogP contribution < -0.4 is 9.62 Å². The number of hydrogen-bond acceptors (Lipinski definition) is 8. The fourth-order valence-electron chi connectivity index (χ4n) is 2.40. The van der Waals surface area contributed by atoms with E-state index in [0.717, 1.165) is 28.0 Å². The Morgan fingerprint density at radius 3 is 2.63 bits per heavy atom. The summed E-state index contributed by atoms with van der Waals surface area (Å²) in [5.74, 6) is -2.32. The standard InChI is InChI=1S/C15H13N3O6S3/c19-12-7-11(26-8-13(20)21)14(22)18(12)9-1-3-10(4-2-9)27(23,24)17-15-16-5-6-25-15/h1-6,11H,7-8H2,(H,16,17)(H,20,21). The molecule has 1 fully saturated rings. The Morgan fingerprint density at radius 1 is 1.33 bits per heavy atom. The monoisotopic (exact) mass is 427 g/mol. The van der Waals surface area contributed by atoms with Crippen molar-refractivity contribution in [3.63, 3.8) is 0 Å². The Bertz CT molecular complexity index is 973. The molecular formula is C15H13N3O6S3. The Balaban J connectivity index is 1.76. The summed E-state index contributed by atoms with van der Waals surface area (Å²) in [6.45, 7) is 0. The van der Waals surface area contributed by atoms with Gasteiger partial charge in [0.15, 0.2) is 5.13 Å². The molecule has 2 aromatic rings. The Hall–Kier alpha value is -2.44. The van der Waals surface area contributed by atoms with Gasteiger partial charge in [0.05, 0.1) is 21.6 Å². The maximum atomic E-state index is 12.4. The number of carbonyl (C=O) groups excluding carboxylic acids is 2. The van der Waals surface area contributed by atoms with Gasteiger partial charge in [-0.05, 0) is 24.3 Å². The second-order valence-electron chi connectivity index (χ2n) is 5.40. The molecule has 1 unspecified atom stereocenters. The third-order valence-corrected chi connectivity index (χ3v) is 6.93. The first-order valence-electron chi connectivity index (χ1n) is 7.50. The van der Waals surface area contributed by atoms with Gasteiger partial charge in [-0.1, -0.05) is 0 Å². The van der Waals surface area contributed by atoms with Gasteiger partial charge in [-0.2, -0.15) is 0 Å². The number of thioether (sulfide) groups is 1. The molecule has 0 bridgehead atoms. The molecule has 0 aliphatic carbocycles. The number of amides is 2. The average molecular weight is 427 g/mol. The highest BCUT2D eigenvalue weighted by atomic mass is 32.2. The molecule has 142 valence electrons. The molecule has 3 rings (SSSR count). The first kappa shape index (κ1) is 19.3. The summed E-state index contributed by atoms with van der Waals surface area (Å²) in [5, 5.41) is 9.80. The molecular weight excluding hydrogens is 414 g/mol. The number of anilines is 2. The van der Waals surface area contributed by atoms with E-state index in [9.17, 15) is 22.8 Å². The number of carboxylic acids is 1. The number of carboxylic acid groups (broad SMARTS) is 1. The smallest absolute Gasteiger partial charge is 0.313 e. The Kier molecular flexibility index (Phi) is 5.48. The number of aromatic nitrogens is 1. The highest BCUT2D eigenvalue weighted by molar-refractivity contribution is 8.01. The number of sulfonamides is 1.